The lowest BCUT2D eigenvalue weighted by Crippen LogP contribution is -2.27. The topological polar surface area (TPSA) is 69.6 Å². The van der Waals surface area contributed by atoms with Crippen molar-refractivity contribution in [2.75, 3.05) is 6.54 Å². The van der Waals surface area contributed by atoms with E-state index in [9.17, 15) is 9.59 Å². The Kier molecular flexibility index (Phi) is 1.94. The van der Waals surface area contributed by atoms with Gasteiger partial charge in [0.25, 0.3) is 0 Å². The molecule has 5 nitrogen and oxygen atoms in total. The fourth-order valence-corrected chi connectivity index (χ4v) is 1.38. The van der Waals surface area contributed by atoms with Crippen molar-refractivity contribution < 1.29 is 14.7 Å². The Hall–Kier alpha value is -1.88. The molecule has 14 heavy (non-hydrogen) atoms. The van der Waals surface area contributed by atoms with Gasteiger partial charge in [-0.2, -0.15) is 0 Å². The van der Waals surface area contributed by atoms with Crippen LogP contribution >= 0.6 is 0 Å². The lowest BCUT2D eigenvalue weighted by Gasteiger charge is -2.18. The quantitative estimate of drug-likeness (QED) is 0.593. The Balaban J connectivity index is 2.42. The lowest BCUT2D eigenvalue weighted by molar-refractivity contribution is -0.132. The second-order valence-electron chi connectivity index (χ2n) is 2.95. The number of rotatable bonds is 2. The van der Waals surface area contributed by atoms with Crippen LogP contribution in [0.4, 0.5) is 0 Å². The van der Waals surface area contributed by atoms with Crippen molar-refractivity contribution in [3.05, 3.63) is 35.2 Å². The van der Waals surface area contributed by atoms with Crippen molar-refractivity contribution in [1.29, 1.82) is 0 Å². The molecule has 0 aromatic rings. The van der Waals surface area contributed by atoms with Gasteiger partial charge >= 0.3 is 5.97 Å². The zero-order valence-electron chi connectivity index (χ0n) is 7.23. The first kappa shape index (κ1) is 8.71. The van der Waals surface area contributed by atoms with E-state index in [1.165, 1.54) is 12.2 Å². The molecule has 0 saturated carbocycles. The predicted molar refractivity (Wildman–Crippen MR) is 47.8 cm³/mol. The Labute approximate surface area is 80.0 Å². The van der Waals surface area contributed by atoms with Gasteiger partial charge in [0, 0.05) is 18.3 Å². The highest BCUT2D eigenvalue weighted by Gasteiger charge is 2.22. The van der Waals surface area contributed by atoms with Gasteiger partial charge in [-0.15, -0.1) is 0 Å². The van der Waals surface area contributed by atoms with E-state index in [4.69, 9.17) is 5.11 Å². The van der Waals surface area contributed by atoms with Gasteiger partial charge in [-0.3, -0.25) is 9.80 Å². The second kappa shape index (κ2) is 3.12. The first-order valence-electron chi connectivity index (χ1n) is 4.06. The van der Waals surface area contributed by atoms with Crippen molar-refractivity contribution in [3.63, 3.8) is 0 Å². The van der Waals surface area contributed by atoms with E-state index in [1.54, 1.807) is 11.2 Å². The number of carboxylic acid groups (broad SMARTS) is 1. The van der Waals surface area contributed by atoms with Gasteiger partial charge in [-0.05, 0) is 12.2 Å². The largest absolute Gasteiger partial charge is 0.478 e. The number of fused-ring (bicyclic) bond motifs is 1. The first-order valence-corrected chi connectivity index (χ1v) is 4.06. The first-order chi connectivity index (χ1) is 6.72. The van der Waals surface area contributed by atoms with Crippen LogP contribution in [0.1, 0.15) is 0 Å². The Morgan fingerprint density at radius 2 is 2.43 bits per heavy atom. The Morgan fingerprint density at radius 3 is 3.07 bits per heavy atom. The Morgan fingerprint density at radius 1 is 1.64 bits per heavy atom. The fraction of sp³-hybridized carbons (Fsp3) is 0.111. The number of aliphatic carboxylic acids is 1. The molecule has 2 heterocycles. The highest BCUT2D eigenvalue weighted by molar-refractivity contribution is 5.91. The molecule has 0 spiro atoms. The van der Waals surface area contributed by atoms with Crippen molar-refractivity contribution in [1.82, 2.24) is 10.4 Å². The number of carboxylic acids is 1. The van der Waals surface area contributed by atoms with Gasteiger partial charge in [0.05, 0.1) is 11.3 Å². The third kappa shape index (κ3) is 1.23. The summed E-state index contributed by atoms with van der Waals surface area (Å²) < 4.78 is 0. The van der Waals surface area contributed by atoms with Crippen LogP contribution in [0, 0.1) is 0 Å². The van der Waals surface area contributed by atoms with Gasteiger partial charge in [0.15, 0.2) is 0 Å². The lowest BCUT2D eigenvalue weighted by atomic mass is 10.1. The van der Waals surface area contributed by atoms with E-state index in [1.807, 2.05) is 0 Å². The summed E-state index contributed by atoms with van der Waals surface area (Å²) in [6, 6.07) is 0. The standard InChI is InChI=1S/C9H8N2O3/c12-5-7-4-10-11-2-1-6(9(13)14)3-8(7)11/h1-3,5,10H,4H2,(H,13,14). The highest BCUT2D eigenvalue weighted by Crippen LogP contribution is 2.21. The van der Waals surface area contributed by atoms with E-state index >= 15 is 0 Å². The van der Waals surface area contributed by atoms with Crippen LogP contribution in [0.15, 0.2) is 35.2 Å². The summed E-state index contributed by atoms with van der Waals surface area (Å²) in [7, 11) is 0. The number of hydrazine groups is 1. The smallest absolute Gasteiger partial charge is 0.335 e. The SMILES string of the molecule is O=CC1=C2C=C(C(=O)O)C=CN2NC1. The third-order valence-corrected chi connectivity index (χ3v) is 2.11. The van der Waals surface area contributed by atoms with Crippen LogP contribution in [0.25, 0.3) is 0 Å². The molecule has 72 valence electrons. The number of carbonyl (C=O) groups is 2. The molecule has 0 aromatic heterocycles. The summed E-state index contributed by atoms with van der Waals surface area (Å²) in [5, 5.41) is 10.4. The van der Waals surface area contributed by atoms with Gasteiger partial charge < -0.3 is 5.11 Å². The zero-order valence-corrected chi connectivity index (χ0v) is 7.23. The molecule has 5 heteroatoms. The normalized spacial score (nSPS) is 19.4. The van der Waals surface area contributed by atoms with Crippen molar-refractivity contribution in [2.45, 2.75) is 0 Å². The average Bonchev–Trinajstić information content (AvgIpc) is 2.59. The molecule has 0 saturated heterocycles. The van der Waals surface area contributed by atoms with Gasteiger partial charge in [0.1, 0.15) is 6.29 Å². The molecule has 0 unspecified atom stereocenters. The molecule has 0 radical (unpaired) electrons. The molecule has 2 aliphatic heterocycles. The third-order valence-electron chi connectivity index (χ3n) is 2.11. The van der Waals surface area contributed by atoms with Gasteiger partial charge in [-0.25, -0.2) is 10.2 Å². The summed E-state index contributed by atoms with van der Waals surface area (Å²) in [6.45, 7) is 0.437. The van der Waals surface area contributed by atoms with Crippen molar-refractivity contribution in [2.24, 2.45) is 0 Å². The minimum Gasteiger partial charge on any atom is -0.478 e. The van der Waals surface area contributed by atoms with Crippen molar-refractivity contribution >= 4 is 12.3 Å². The number of nitrogens with zero attached hydrogens (tertiary/aromatic N) is 1. The van der Waals surface area contributed by atoms with Gasteiger partial charge in [-0.1, -0.05) is 0 Å². The van der Waals surface area contributed by atoms with Crippen molar-refractivity contribution in [3.8, 4) is 0 Å². The maximum Gasteiger partial charge on any atom is 0.335 e. The maximum absolute atomic E-state index is 10.7. The van der Waals surface area contributed by atoms with Crippen LogP contribution in [0.2, 0.25) is 0 Å². The average molecular weight is 192 g/mol. The summed E-state index contributed by atoms with van der Waals surface area (Å²) in [5.41, 5.74) is 4.28. The van der Waals surface area contributed by atoms with E-state index in [2.05, 4.69) is 5.43 Å². The number of nitrogens with one attached hydrogen (secondary N) is 1. The van der Waals surface area contributed by atoms with Crippen LogP contribution in [0.3, 0.4) is 0 Å². The molecule has 0 bridgehead atoms. The number of aldehydes is 1. The molecule has 0 atom stereocenters. The number of carbonyl (C=O) groups excluding carboxylic acids is 1. The second-order valence-corrected chi connectivity index (χ2v) is 2.95. The number of allylic oxidation sites excluding steroid dienone is 1. The summed E-state index contributed by atoms with van der Waals surface area (Å²) >= 11 is 0. The molecule has 0 aliphatic carbocycles. The number of hydrogen-bond acceptors (Lipinski definition) is 4. The van der Waals surface area contributed by atoms with Crippen LogP contribution < -0.4 is 5.43 Å². The molecule has 0 amide bonds. The highest BCUT2D eigenvalue weighted by atomic mass is 16.4. The molecule has 2 aliphatic rings. The minimum atomic E-state index is -0.995. The molecule has 0 fully saturated rings. The fourth-order valence-electron chi connectivity index (χ4n) is 1.38. The van der Waals surface area contributed by atoms with Crippen LogP contribution in [-0.2, 0) is 9.59 Å². The molecular weight excluding hydrogens is 184 g/mol. The maximum atomic E-state index is 10.7. The summed E-state index contributed by atoms with van der Waals surface area (Å²) in [5.74, 6) is -0.995. The van der Waals surface area contributed by atoms with Crippen LogP contribution in [-0.4, -0.2) is 28.9 Å². The van der Waals surface area contributed by atoms with Gasteiger partial charge in [0.2, 0.25) is 0 Å². The van der Waals surface area contributed by atoms with E-state index in [0.717, 1.165) is 6.29 Å². The predicted octanol–water partition coefficient (Wildman–Crippen LogP) is -0.202. The Bertz CT molecular complexity index is 393. The summed E-state index contributed by atoms with van der Waals surface area (Å²) in [6.07, 6.45) is 5.28. The zero-order chi connectivity index (χ0) is 10.1. The molecule has 2 N–H and O–H groups in total. The van der Waals surface area contributed by atoms with E-state index < -0.39 is 5.97 Å². The summed E-state index contributed by atoms with van der Waals surface area (Å²) in [4.78, 5) is 21.3. The molecule has 2 rings (SSSR count). The molecule has 0 aromatic carbocycles. The monoisotopic (exact) mass is 192 g/mol. The van der Waals surface area contributed by atoms with E-state index in [0.29, 0.717) is 17.8 Å². The van der Waals surface area contributed by atoms with E-state index in [-0.39, 0.29) is 5.57 Å². The van der Waals surface area contributed by atoms with Crippen LogP contribution in [0.5, 0.6) is 0 Å². The molecular formula is C9H8N2O3. The minimum absolute atomic E-state index is 0.180. The number of hydrogen-bond donors (Lipinski definition) is 2.